The lowest BCUT2D eigenvalue weighted by molar-refractivity contribution is -0.115. The minimum absolute atomic E-state index is 0.0772. The standard InChI is InChI=1S/C36H26BrN3O.C36H27N3O/c1-24-19-25(17-18-38-24)35-31-20-26-21-32(37)34(41)23-27(26)22-33(31)40(39-35)36(28-11-5-2-6-12-28,29-13-7-3-8-14-29)30-15-9-4-10-16-30;1-25-21-27(19-20-37-25)35-33-23-26-17-18-32(40)22-28(26)24-34(33)39(38-35)36(29-11-5-2-6-12-29,30-13-7-3-8-14-30)31-15-9-4-10-16-31/h2-22H,23H2,1H3;2-21,23-24H,22H2,1H3. The van der Waals surface area contributed by atoms with Crippen molar-refractivity contribution in [3.05, 3.63) is 320 Å². The highest BCUT2D eigenvalue weighted by Crippen LogP contribution is 2.47. The smallest absolute Gasteiger partial charge is 0.174 e. The number of carbonyl (C=O) groups excluding carboxylic acids is 2. The van der Waals surface area contributed by atoms with Crippen LogP contribution in [0.3, 0.4) is 0 Å². The Morgan fingerprint density at radius 1 is 0.420 bits per heavy atom. The molecule has 8 aromatic carbocycles. The second-order valence-electron chi connectivity index (χ2n) is 20.7. The van der Waals surface area contributed by atoms with Crippen molar-refractivity contribution in [2.24, 2.45) is 0 Å². The van der Waals surface area contributed by atoms with Gasteiger partial charge in [-0.25, -0.2) is 9.36 Å². The fraction of sp³-hybridized carbons (Fsp3) is 0.0833. The molecule has 0 bridgehead atoms. The Morgan fingerprint density at radius 3 is 1.15 bits per heavy atom. The average molecular weight is 1110 g/mol. The zero-order valence-corrected chi connectivity index (χ0v) is 46.2. The van der Waals surface area contributed by atoms with Crippen LogP contribution in [0.4, 0.5) is 0 Å². The quantitative estimate of drug-likeness (QED) is 0.127. The number of carbonyl (C=O) groups is 2. The number of Topliss-reactive ketones (excluding diaryl/α,β-unsaturated/α-hetero) is 1. The molecule has 0 amide bonds. The summed E-state index contributed by atoms with van der Waals surface area (Å²) < 4.78 is 4.95. The van der Waals surface area contributed by atoms with E-state index in [2.05, 4.69) is 217 Å². The Kier molecular flexibility index (Phi) is 13.3. The Balaban J connectivity index is 0.000000153. The first-order valence-corrected chi connectivity index (χ1v) is 27.9. The van der Waals surface area contributed by atoms with E-state index in [0.717, 1.165) is 111 Å². The predicted octanol–water partition coefficient (Wildman–Crippen LogP) is 15.5. The van der Waals surface area contributed by atoms with Crippen molar-refractivity contribution in [1.29, 1.82) is 0 Å². The summed E-state index contributed by atoms with van der Waals surface area (Å²) in [5.74, 6) is 0.191. The third kappa shape index (κ3) is 8.96. The second-order valence-corrected chi connectivity index (χ2v) is 21.6. The highest BCUT2D eigenvalue weighted by molar-refractivity contribution is 9.12. The van der Waals surface area contributed by atoms with Crippen LogP contribution in [0.2, 0.25) is 0 Å². The molecule has 8 nitrogen and oxygen atoms in total. The first-order chi connectivity index (χ1) is 39.7. The fourth-order valence-electron chi connectivity index (χ4n) is 12.1. The van der Waals surface area contributed by atoms with Gasteiger partial charge in [-0.2, -0.15) is 10.2 Å². The summed E-state index contributed by atoms with van der Waals surface area (Å²) in [7, 11) is 0. The molecule has 4 aromatic heterocycles. The average Bonchev–Trinajstić information content (AvgIpc) is 4.31. The molecule has 0 unspecified atom stereocenters. The maximum atomic E-state index is 12.8. The van der Waals surface area contributed by atoms with Crippen LogP contribution < -0.4 is 0 Å². The summed E-state index contributed by atoms with van der Waals surface area (Å²) in [5.41, 5.74) is 16.7. The van der Waals surface area contributed by atoms with E-state index < -0.39 is 11.1 Å². The van der Waals surface area contributed by atoms with Crippen molar-refractivity contribution in [1.82, 2.24) is 29.5 Å². The zero-order chi connectivity index (χ0) is 55.1. The molecular weight excluding hydrogens is 1060 g/mol. The van der Waals surface area contributed by atoms with Crippen LogP contribution in [-0.4, -0.2) is 41.1 Å². The van der Waals surface area contributed by atoms with E-state index in [0.29, 0.717) is 17.3 Å². The molecule has 12 aromatic rings. The Hall–Kier alpha value is -9.70. The van der Waals surface area contributed by atoms with E-state index in [1.165, 1.54) is 0 Å². The molecule has 14 rings (SSSR count). The van der Waals surface area contributed by atoms with Gasteiger partial charge in [-0.1, -0.05) is 188 Å². The summed E-state index contributed by atoms with van der Waals surface area (Å²) in [6, 6.07) is 80.2. The summed E-state index contributed by atoms with van der Waals surface area (Å²) in [4.78, 5) is 34.1. The van der Waals surface area contributed by atoms with E-state index in [1.54, 1.807) is 6.08 Å². The topological polar surface area (TPSA) is 95.6 Å². The molecule has 2 aliphatic rings. The van der Waals surface area contributed by atoms with E-state index in [4.69, 9.17) is 10.2 Å². The van der Waals surface area contributed by atoms with Crippen molar-refractivity contribution in [2.75, 3.05) is 0 Å². The molecule has 390 valence electrons. The Labute approximate surface area is 478 Å². The van der Waals surface area contributed by atoms with E-state index in [1.807, 2.05) is 86.9 Å². The highest BCUT2D eigenvalue weighted by atomic mass is 79.9. The minimum Gasteiger partial charge on any atom is -0.294 e. The van der Waals surface area contributed by atoms with Gasteiger partial charge in [-0.05, 0) is 146 Å². The zero-order valence-electron chi connectivity index (χ0n) is 44.6. The second kappa shape index (κ2) is 21.2. The van der Waals surface area contributed by atoms with Gasteiger partial charge in [0, 0.05) is 58.5 Å². The number of halogens is 1. The van der Waals surface area contributed by atoms with Crippen molar-refractivity contribution in [3.8, 4) is 22.5 Å². The molecule has 4 heterocycles. The van der Waals surface area contributed by atoms with E-state index >= 15 is 0 Å². The monoisotopic (exact) mass is 1110 g/mol. The summed E-state index contributed by atoms with van der Waals surface area (Å²) in [6.07, 6.45) is 9.93. The molecule has 0 fully saturated rings. The number of pyridine rings is 2. The van der Waals surface area contributed by atoms with Crippen LogP contribution in [0, 0.1) is 13.8 Å². The molecule has 0 atom stereocenters. The van der Waals surface area contributed by atoms with Crippen LogP contribution in [0.25, 0.3) is 56.5 Å². The van der Waals surface area contributed by atoms with Gasteiger partial charge < -0.3 is 0 Å². The van der Waals surface area contributed by atoms with E-state index in [-0.39, 0.29) is 11.6 Å². The van der Waals surface area contributed by atoms with Crippen LogP contribution in [0.5, 0.6) is 0 Å². The van der Waals surface area contributed by atoms with Gasteiger partial charge in [0.1, 0.15) is 22.5 Å². The van der Waals surface area contributed by atoms with Gasteiger partial charge in [0.2, 0.25) is 0 Å². The lowest BCUT2D eigenvalue weighted by Crippen LogP contribution is -2.38. The molecular formula is C72H53BrN6O2. The van der Waals surface area contributed by atoms with Crippen LogP contribution in [0.15, 0.2) is 253 Å². The number of allylic oxidation sites excluding steroid dienone is 2. The number of ketones is 2. The van der Waals surface area contributed by atoms with Gasteiger partial charge in [-0.15, -0.1) is 0 Å². The van der Waals surface area contributed by atoms with Crippen molar-refractivity contribution >= 4 is 61.5 Å². The van der Waals surface area contributed by atoms with E-state index in [9.17, 15) is 9.59 Å². The third-order valence-corrected chi connectivity index (χ3v) is 16.4. The lowest BCUT2D eigenvalue weighted by Gasteiger charge is -2.37. The predicted molar refractivity (Wildman–Crippen MR) is 328 cm³/mol. The van der Waals surface area contributed by atoms with Crippen molar-refractivity contribution in [2.45, 2.75) is 37.8 Å². The molecule has 0 radical (unpaired) electrons. The number of nitrogens with zero attached hydrogens (tertiary/aromatic N) is 6. The van der Waals surface area contributed by atoms with Gasteiger partial charge >= 0.3 is 0 Å². The highest BCUT2D eigenvalue weighted by Gasteiger charge is 2.43. The summed E-state index contributed by atoms with van der Waals surface area (Å²) >= 11 is 3.47. The number of aryl methyl sites for hydroxylation is 2. The molecule has 0 spiro atoms. The third-order valence-electron chi connectivity index (χ3n) is 15.7. The molecule has 81 heavy (non-hydrogen) atoms. The van der Waals surface area contributed by atoms with Gasteiger partial charge in [0.25, 0.3) is 0 Å². The molecule has 0 saturated carbocycles. The van der Waals surface area contributed by atoms with Gasteiger partial charge in [0.15, 0.2) is 11.6 Å². The van der Waals surface area contributed by atoms with Crippen LogP contribution >= 0.6 is 15.9 Å². The molecule has 9 heteroatoms. The first-order valence-electron chi connectivity index (χ1n) is 27.1. The number of hydrogen-bond donors (Lipinski definition) is 0. The number of benzene rings is 8. The Bertz CT molecular complexity index is 4210. The van der Waals surface area contributed by atoms with Crippen molar-refractivity contribution < 1.29 is 9.59 Å². The van der Waals surface area contributed by atoms with Gasteiger partial charge in [0.05, 0.1) is 15.5 Å². The number of rotatable bonds is 10. The maximum absolute atomic E-state index is 12.8. The minimum atomic E-state index is -0.786. The molecule has 0 saturated heterocycles. The molecule has 0 aliphatic heterocycles. The fourth-order valence-corrected chi connectivity index (χ4v) is 12.5. The number of aromatic nitrogens is 6. The SMILES string of the molecule is Cc1cc(-c2nn(C(c3ccccc3)(c3ccccc3)c3ccccc3)c3cc4c(cc23)C=C(Br)C(=O)C4)ccn1.Cc1cc(-c2nn(C(c3ccccc3)(c3ccccc3)c3ccccc3)c3cc4c(cc23)C=CC(=O)C4)ccn1. The van der Waals surface area contributed by atoms with Crippen LogP contribution in [-0.2, 0) is 33.5 Å². The first kappa shape index (κ1) is 50.8. The number of fused-ring (bicyclic) bond motifs is 4. The van der Waals surface area contributed by atoms with Gasteiger partial charge in [-0.3, -0.25) is 19.6 Å². The van der Waals surface area contributed by atoms with Crippen molar-refractivity contribution in [3.63, 3.8) is 0 Å². The maximum Gasteiger partial charge on any atom is 0.174 e. The summed E-state index contributed by atoms with van der Waals surface area (Å²) in [5, 5.41) is 13.0. The largest absolute Gasteiger partial charge is 0.294 e. The van der Waals surface area contributed by atoms with Crippen LogP contribution in [0.1, 0.15) is 67.0 Å². The summed E-state index contributed by atoms with van der Waals surface area (Å²) in [6.45, 7) is 4.00. The normalized spacial score (nSPS) is 13.1. The number of hydrogen-bond acceptors (Lipinski definition) is 6. The molecule has 2 aliphatic carbocycles. The molecule has 0 N–H and O–H groups in total. The lowest BCUT2D eigenvalue weighted by atomic mass is 9.77. The Morgan fingerprint density at radius 2 is 0.778 bits per heavy atom.